The molecule has 5 nitrogen and oxygen atoms in total. The Hall–Kier alpha value is -1.10. The zero-order valence-electron chi connectivity index (χ0n) is 11.9. The normalized spacial score (nSPS) is 22.6. The molecule has 108 valence electrons. The molecule has 2 aliphatic rings. The molecule has 5 heteroatoms. The minimum Gasteiger partial charge on any atom is -0.342 e. The first-order chi connectivity index (χ1) is 9.19. The molecule has 2 aliphatic heterocycles. The molecule has 0 aliphatic carbocycles. The maximum atomic E-state index is 12.1. The van der Waals surface area contributed by atoms with Crippen molar-refractivity contribution >= 4 is 12.3 Å². The number of carbonyl (C=O) groups excluding carboxylic acids is 2. The van der Waals surface area contributed by atoms with Gasteiger partial charge in [0.1, 0.15) is 0 Å². The first-order valence-electron chi connectivity index (χ1n) is 7.38. The third-order valence-electron chi connectivity index (χ3n) is 4.33. The van der Waals surface area contributed by atoms with Crippen LogP contribution in [0.2, 0.25) is 0 Å². The number of likely N-dealkylation sites (tertiary alicyclic amines) is 1. The molecule has 0 aromatic rings. The van der Waals surface area contributed by atoms with Crippen LogP contribution in [0, 0.1) is 5.92 Å². The molecule has 2 amide bonds. The highest BCUT2D eigenvalue weighted by Crippen LogP contribution is 2.16. The largest absolute Gasteiger partial charge is 0.342 e. The zero-order valence-corrected chi connectivity index (χ0v) is 11.9. The maximum absolute atomic E-state index is 12.1. The van der Waals surface area contributed by atoms with Crippen LogP contribution in [-0.2, 0) is 9.59 Å². The van der Waals surface area contributed by atoms with E-state index < -0.39 is 0 Å². The molecule has 2 saturated heterocycles. The van der Waals surface area contributed by atoms with Gasteiger partial charge in [0.25, 0.3) is 0 Å². The second-order valence-corrected chi connectivity index (χ2v) is 5.80. The number of piperidine rings is 1. The van der Waals surface area contributed by atoms with Gasteiger partial charge in [-0.05, 0) is 31.8 Å². The van der Waals surface area contributed by atoms with Crippen LogP contribution in [0.5, 0.6) is 0 Å². The van der Waals surface area contributed by atoms with Crippen molar-refractivity contribution in [3.05, 3.63) is 0 Å². The number of amides is 2. The Kier molecular flexibility index (Phi) is 5.19. The van der Waals surface area contributed by atoms with Crippen molar-refractivity contribution in [2.45, 2.75) is 26.2 Å². The SMILES string of the molecule is CC1CCN(CCC(=O)N2CCN(C=O)CC2)CC1. The number of hydrogen-bond donors (Lipinski definition) is 0. The molecule has 0 spiro atoms. The van der Waals surface area contributed by atoms with E-state index in [4.69, 9.17) is 0 Å². The fourth-order valence-electron chi connectivity index (χ4n) is 2.77. The smallest absolute Gasteiger partial charge is 0.223 e. The highest BCUT2D eigenvalue weighted by Gasteiger charge is 2.21. The Labute approximate surface area is 115 Å². The van der Waals surface area contributed by atoms with Crippen LogP contribution in [0.1, 0.15) is 26.2 Å². The van der Waals surface area contributed by atoms with Crippen molar-refractivity contribution in [3.63, 3.8) is 0 Å². The summed E-state index contributed by atoms with van der Waals surface area (Å²) in [4.78, 5) is 28.7. The van der Waals surface area contributed by atoms with E-state index in [1.807, 2.05) is 4.90 Å². The summed E-state index contributed by atoms with van der Waals surface area (Å²) in [6.45, 7) is 8.19. The van der Waals surface area contributed by atoms with Gasteiger partial charge in [0.05, 0.1) is 0 Å². The molecule has 0 radical (unpaired) electrons. The molecule has 0 unspecified atom stereocenters. The molecule has 0 N–H and O–H groups in total. The summed E-state index contributed by atoms with van der Waals surface area (Å²) in [5.74, 6) is 1.08. The van der Waals surface area contributed by atoms with Gasteiger partial charge in [-0.2, -0.15) is 0 Å². The highest BCUT2D eigenvalue weighted by atomic mass is 16.2. The summed E-state index contributed by atoms with van der Waals surface area (Å²) < 4.78 is 0. The monoisotopic (exact) mass is 267 g/mol. The molecular weight excluding hydrogens is 242 g/mol. The summed E-state index contributed by atoms with van der Waals surface area (Å²) >= 11 is 0. The number of nitrogens with zero attached hydrogens (tertiary/aromatic N) is 3. The van der Waals surface area contributed by atoms with Crippen LogP contribution in [0.3, 0.4) is 0 Å². The lowest BCUT2D eigenvalue weighted by molar-refractivity contribution is -0.135. The molecule has 0 bridgehead atoms. The van der Waals surface area contributed by atoms with Crippen LogP contribution in [-0.4, -0.2) is 72.8 Å². The van der Waals surface area contributed by atoms with Gasteiger partial charge in [-0.3, -0.25) is 9.59 Å². The average Bonchev–Trinajstić information content (AvgIpc) is 2.46. The Morgan fingerprint density at radius 2 is 1.74 bits per heavy atom. The van der Waals surface area contributed by atoms with E-state index in [2.05, 4.69) is 11.8 Å². The van der Waals surface area contributed by atoms with Crippen LogP contribution in [0.25, 0.3) is 0 Å². The number of carbonyl (C=O) groups is 2. The van der Waals surface area contributed by atoms with Crippen molar-refractivity contribution in [1.82, 2.24) is 14.7 Å². The van der Waals surface area contributed by atoms with E-state index in [0.717, 1.165) is 32.0 Å². The van der Waals surface area contributed by atoms with Gasteiger partial charge in [0.15, 0.2) is 0 Å². The highest BCUT2D eigenvalue weighted by molar-refractivity contribution is 5.76. The van der Waals surface area contributed by atoms with Crippen LogP contribution >= 0.6 is 0 Å². The van der Waals surface area contributed by atoms with Crippen molar-refractivity contribution in [3.8, 4) is 0 Å². The predicted molar refractivity (Wildman–Crippen MR) is 73.7 cm³/mol. The maximum Gasteiger partial charge on any atom is 0.223 e. The predicted octanol–water partition coefficient (Wildman–Crippen LogP) is 0.409. The summed E-state index contributed by atoms with van der Waals surface area (Å²) in [7, 11) is 0. The van der Waals surface area contributed by atoms with E-state index in [0.29, 0.717) is 32.6 Å². The minimum atomic E-state index is 0.240. The molecular formula is C14H25N3O2. The van der Waals surface area contributed by atoms with Gasteiger partial charge >= 0.3 is 0 Å². The van der Waals surface area contributed by atoms with Crippen molar-refractivity contribution in [2.24, 2.45) is 5.92 Å². The first kappa shape index (κ1) is 14.3. The standard InChI is InChI=1S/C14H25N3O2/c1-13-2-5-15(6-3-13)7-4-14(19)17-10-8-16(12-18)9-11-17/h12-13H,2-11H2,1H3. The Bertz CT molecular complexity index is 306. The summed E-state index contributed by atoms with van der Waals surface area (Å²) in [5.41, 5.74) is 0. The summed E-state index contributed by atoms with van der Waals surface area (Å²) in [6.07, 6.45) is 4.00. The second-order valence-electron chi connectivity index (χ2n) is 5.80. The fourth-order valence-corrected chi connectivity index (χ4v) is 2.77. The van der Waals surface area contributed by atoms with Crippen LogP contribution < -0.4 is 0 Å². The third kappa shape index (κ3) is 4.20. The third-order valence-corrected chi connectivity index (χ3v) is 4.33. The Morgan fingerprint density at radius 1 is 1.11 bits per heavy atom. The minimum absolute atomic E-state index is 0.240. The molecule has 0 aromatic carbocycles. The second kappa shape index (κ2) is 6.89. The van der Waals surface area contributed by atoms with E-state index in [9.17, 15) is 9.59 Å². The molecule has 0 atom stereocenters. The van der Waals surface area contributed by atoms with Crippen molar-refractivity contribution in [2.75, 3.05) is 45.8 Å². The lowest BCUT2D eigenvalue weighted by Crippen LogP contribution is -2.48. The number of piperazine rings is 1. The van der Waals surface area contributed by atoms with Gasteiger partial charge in [-0.15, -0.1) is 0 Å². The van der Waals surface area contributed by atoms with E-state index in [1.54, 1.807) is 4.90 Å². The van der Waals surface area contributed by atoms with Gasteiger partial charge in [0, 0.05) is 39.1 Å². The summed E-state index contributed by atoms with van der Waals surface area (Å²) in [5, 5.41) is 0. The number of hydrogen-bond acceptors (Lipinski definition) is 3. The average molecular weight is 267 g/mol. The lowest BCUT2D eigenvalue weighted by Gasteiger charge is -2.34. The zero-order chi connectivity index (χ0) is 13.7. The van der Waals surface area contributed by atoms with E-state index >= 15 is 0 Å². The molecule has 2 fully saturated rings. The summed E-state index contributed by atoms with van der Waals surface area (Å²) in [6, 6.07) is 0. The molecule has 2 heterocycles. The van der Waals surface area contributed by atoms with Crippen LogP contribution in [0.4, 0.5) is 0 Å². The van der Waals surface area contributed by atoms with Gasteiger partial charge in [0.2, 0.25) is 12.3 Å². The molecule has 0 aromatic heterocycles. The van der Waals surface area contributed by atoms with Crippen molar-refractivity contribution in [1.29, 1.82) is 0 Å². The molecule has 2 rings (SSSR count). The Balaban J connectivity index is 1.66. The topological polar surface area (TPSA) is 43.9 Å². The Morgan fingerprint density at radius 3 is 2.32 bits per heavy atom. The quantitative estimate of drug-likeness (QED) is 0.693. The molecule has 19 heavy (non-hydrogen) atoms. The first-order valence-corrected chi connectivity index (χ1v) is 7.38. The van der Waals surface area contributed by atoms with Gasteiger partial charge in [-0.25, -0.2) is 0 Å². The molecule has 0 saturated carbocycles. The van der Waals surface area contributed by atoms with Crippen LogP contribution in [0.15, 0.2) is 0 Å². The van der Waals surface area contributed by atoms with E-state index in [1.165, 1.54) is 12.8 Å². The van der Waals surface area contributed by atoms with E-state index in [-0.39, 0.29) is 5.91 Å². The fraction of sp³-hybridized carbons (Fsp3) is 0.857. The lowest BCUT2D eigenvalue weighted by atomic mass is 9.99. The van der Waals surface area contributed by atoms with Gasteiger partial charge < -0.3 is 14.7 Å². The van der Waals surface area contributed by atoms with Gasteiger partial charge in [-0.1, -0.05) is 6.92 Å². The van der Waals surface area contributed by atoms with Crippen molar-refractivity contribution < 1.29 is 9.59 Å². The number of rotatable bonds is 4.